The van der Waals surface area contributed by atoms with E-state index in [-0.39, 0.29) is 0 Å². The molecule has 4 heteroatoms. The summed E-state index contributed by atoms with van der Waals surface area (Å²) in [5.41, 5.74) is 9.97. The van der Waals surface area contributed by atoms with E-state index in [2.05, 4.69) is 45.5 Å². The first-order chi connectivity index (χ1) is 12.9. The van der Waals surface area contributed by atoms with Crippen molar-refractivity contribution >= 4 is 28.0 Å². The first-order valence-corrected chi connectivity index (χ1v) is 9.29. The molecule has 0 spiro atoms. The third-order valence-electron chi connectivity index (χ3n) is 5.80. The Hall–Kier alpha value is -3.01. The van der Waals surface area contributed by atoms with Gasteiger partial charge in [-0.3, -0.25) is 10.1 Å². The first kappa shape index (κ1) is 14.2. The minimum atomic E-state index is 0.803. The molecule has 0 saturated carbocycles. The van der Waals surface area contributed by atoms with Gasteiger partial charge in [-0.15, -0.1) is 0 Å². The van der Waals surface area contributed by atoms with Crippen molar-refractivity contribution in [3.05, 3.63) is 58.8 Å². The van der Waals surface area contributed by atoms with Gasteiger partial charge in [-0.05, 0) is 66.1 Å². The Bertz CT molecular complexity index is 1220. The summed E-state index contributed by atoms with van der Waals surface area (Å²) in [5.74, 6) is 0. The van der Waals surface area contributed by atoms with Crippen molar-refractivity contribution in [3.63, 3.8) is 0 Å². The summed E-state index contributed by atoms with van der Waals surface area (Å²) >= 11 is 0. The van der Waals surface area contributed by atoms with Gasteiger partial charge in [0.05, 0.1) is 29.5 Å². The average molecular weight is 338 g/mol. The van der Waals surface area contributed by atoms with Gasteiger partial charge >= 0.3 is 0 Å². The number of aromatic amines is 1. The lowest BCUT2D eigenvalue weighted by molar-refractivity contribution is 0.689. The van der Waals surface area contributed by atoms with E-state index in [9.17, 15) is 0 Å². The molecule has 6 rings (SSSR count). The van der Waals surface area contributed by atoms with Crippen molar-refractivity contribution in [1.82, 2.24) is 15.2 Å². The highest BCUT2D eigenvalue weighted by Crippen LogP contribution is 2.38. The third kappa shape index (κ3) is 1.93. The monoisotopic (exact) mass is 338 g/mol. The molecule has 0 atom stereocenters. The van der Waals surface area contributed by atoms with Crippen molar-refractivity contribution in [2.45, 2.75) is 32.2 Å². The van der Waals surface area contributed by atoms with Gasteiger partial charge in [-0.1, -0.05) is 12.1 Å². The van der Waals surface area contributed by atoms with Crippen molar-refractivity contribution < 1.29 is 0 Å². The molecule has 4 nitrogen and oxygen atoms in total. The molecule has 3 heterocycles. The molecule has 2 aromatic heterocycles. The maximum Gasteiger partial charge on any atom is 0.0744 e. The number of H-pyrrole nitrogens is 1. The minimum Gasteiger partial charge on any atom is -0.288 e. The van der Waals surface area contributed by atoms with E-state index in [0.717, 1.165) is 36.1 Å². The summed E-state index contributed by atoms with van der Waals surface area (Å²) in [6.07, 6.45) is 8.64. The number of aryl methyl sites for hydroxylation is 1. The van der Waals surface area contributed by atoms with Gasteiger partial charge in [0.15, 0.2) is 0 Å². The molecular weight excluding hydrogens is 320 g/mol. The maximum absolute atomic E-state index is 5.13. The molecule has 2 aliphatic rings. The predicted octanol–water partition coefficient (Wildman–Crippen LogP) is 4.59. The van der Waals surface area contributed by atoms with Crippen LogP contribution in [0.1, 0.15) is 35.1 Å². The second kappa shape index (κ2) is 5.24. The molecule has 0 unspecified atom stereocenters. The van der Waals surface area contributed by atoms with Crippen LogP contribution in [0.25, 0.3) is 33.1 Å². The molecule has 0 fully saturated rings. The Labute approximate surface area is 151 Å². The second-order valence-corrected chi connectivity index (χ2v) is 7.30. The lowest BCUT2D eigenvalue weighted by Gasteiger charge is -2.22. The number of aromatic nitrogens is 3. The molecule has 2 aromatic carbocycles. The summed E-state index contributed by atoms with van der Waals surface area (Å²) in [4.78, 5) is 9.52. The Morgan fingerprint density at radius 3 is 2.85 bits per heavy atom. The molecule has 1 aliphatic heterocycles. The number of nitrogens with zero attached hydrogens (tertiary/aromatic N) is 3. The molecule has 4 aromatic rings. The highest BCUT2D eigenvalue weighted by Gasteiger charge is 2.21. The molecule has 0 radical (unpaired) electrons. The van der Waals surface area contributed by atoms with Crippen LogP contribution in [-0.4, -0.2) is 21.4 Å². The van der Waals surface area contributed by atoms with E-state index in [1.165, 1.54) is 51.4 Å². The van der Waals surface area contributed by atoms with Gasteiger partial charge in [0.1, 0.15) is 0 Å². The van der Waals surface area contributed by atoms with Gasteiger partial charge in [-0.2, -0.15) is 5.10 Å². The van der Waals surface area contributed by atoms with Gasteiger partial charge in [0.25, 0.3) is 0 Å². The maximum atomic E-state index is 5.13. The summed E-state index contributed by atoms with van der Waals surface area (Å²) in [6.45, 7) is 0.803. The number of rotatable bonds is 1. The zero-order valence-electron chi connectivity index (χ0n) is 14.4. The van der Waals surface area contributed by atoms with Crippen LogP contribution in [0.2, 0.25) is 0 Å². The number of hydrogen-bond donors (Lipinski definition) is 1. The van der Waals surface area contributed by atoms with Crippen LogP contribution in [0.3, 0.4) is 0 Å². The number of benzene rings is 2. The van der Waals surface area contributed by atoms with Crippen molar-refractivity contribution in [2.75, 3.05) is 0 Å². The Morgan fingerprint density at radius 2 is 1.88 bits per heavy atom. The van der Waals surface area contributed by atoms with Crippen LogP contribution in [0.5, 0.6) is 0 Å². The fourth-order valence-corrected chi connectivity index (χ4v) is 4.53. The normalized spacial score (nSPS) is 15.5. The smallest absolute Gasteiger partial charge is 0.0744 e. The summed E-state index contributed by atoms with van der Waals surface area (Å²) in [6, 6.07) is 10.9. The number of pyridine rings is 1. The SMILES string of the molecule is C1=NCc2ccc(-c3nc4ccc5[nH]ncc5c4c4c3CCCC4)cc21. The van der Waals surface area contributed by atoms with Crippen LogP contribution < -0.4 is 0 Å². The van der Waals surface area contributed by atoms with Gasteiger partial charge in [-0.25, -0.2) is 4.98 Å². The average Bonchev–Trinajstić information content (AvgIpc) is 3.35. The van der Waals surface area contributed by atoms with E-state index < -0.39 is 0 Å². The van der Waals surface area contributed by atoms with E-state index in [4.69, 9.17) is 4.98 Å². The van der Waals surface area contributed by atoms with Gasteiger partial charge in [0, 0.05) is 22.6 Å². The Kier molecular flexibility index (Phi) is 2.86. The molecular formula is C22H18N4. The standard InChI is InChI=1S/C22H18N4/c1-2-4-17-16(3-1)21-18-12-24-26-19(18)7-8-20(21)25-22(17)13-5-6-14-10-23-11-15(14)9-13/h5-9,11-12H,1-4,10H2,(H,24,26). The minimum absolute atomic E-state index is 0.803. The fourth-order valence-electron chi connectivity index (χ4n) is 4.53. The summed E-state index contributed by atoms with van der Waals surface area (Å²) in [5, 5.41) is 9.84. The van der Waals surface area contributed by atoms with Gasteiger partial charge < -0.3 is 0 Å². The summed E-state index contributed by atoms with van der Waals surface area (Å²) < 4.78 is 0. The molecule has 0 saturated heterocycles. The van der Waals surface area contributed by atoms with E-state index >= 15 is 0 Å². The highest BCUT2D eigenvalue weighted by molar-refractivity contribution is 6.07. The number of aliphatic imine (C=N–C) groups is 1. The number of hydrogen-bond acceptors (Lipinski definition) is 3. The van der Waals surface area contributed by atoms with Crippen molar-refractivity contribution in [3.8, 4) is 11.3 Å². The highest BCUT2D eigenvalue weighted by atomic mass is 15.1. The zero-order chi connectivity index (χ0) is 17.1. The molecule has 1 N–H and O–H groups in total. The molecule has 0 bridgehead atoms. The molecule has 26 heavy (non-hydrogen) atoms. The van der Waals surface area contributed by atoms with Crippen molar-refractivity contribution in [1.29, 1.82) is 0 Å². The zero-order valence-corrected chi connectivity index (χ0v) is 14.4. The van der Waals surface area contributed by atoms with Gasteiger partial charge in [0.2, 0.25) is 0 Å². The van der Waals surface area contributed by atoms with E-state index in [1.807, 2.05) is 12.4 Å². The second-order valence-electron chi connectivity index (χ2n) is 7.30. The van der Waals surface area contributed by atoms with Crippen LogP contribution in [0, 0.1) is 0 Å². The number of nitrogens with one attached hydrogen (secondary N) is 1. The topological polar surface area (TPSA) is 53.9 Å². The quantitative estimate of drug-likeness (QED) is 0.552. The lowest BCUT2D eigenvalue weighted by Crippen LogP contribution is -2.08. The van der Waals surface area contributed by atoms with Crippen molar-refractivity contribution in [2.24, 2.45) is 4.99 Å². The van der Waals surface area contributed by atoms with Crippen LogP contribution >= 0.6 is 0 Å². The van der Waals surface area contributed by atoms with E-state index in [1.54, 1.807) is 0 Å². The molecule has 1 aliphatic carbocycles. The summed E-state index contributed by atoms with van der Waals surface area (Å²) in [7, 11) is 0. The predicted molar refractivity (Wildman–Crippen MR) is 105 cm³/mol. The molecule has 126 valence electrons. The number of fused-ring (bicyclic) bond motifs is 6. The third-order valence-corrected chi connectivity index (χ3v) is 5.80. The van der Waals surface area contributed by atoms with Crippen LogP contribution in [0.4, 0.5) is 0 Å². The van der Waals surface area contributed by atoms with Crippen LogP contribution in [-0.2, 0) is 19.4 Å². The Balaban J connectivity index is 1.69. The largest absolute Gasteiger partial charge is 0.288 e. The van der Waals surface area contributed by atoms with E-state index in [0.29, 0.717) is 0 Å². The Morgan fingerprint density at radius 1 is 0.962 bits per heavy atom. The molecule has 0 amide bonds. The van der Waals surface area contributed by atoms with Crippen LogP contribution in [0.15, 0.2) is 41.5 Å². The lowest BCUT2D eigenvalue weighted by atomic mass is 9.85. The first-order valence-electron chi connectivity index (χ1n) is 9.29. The fraction of sp³-hybridized carbons (Fsp3) is 0.227.